The van der Waals surface area contributed by atoms with Crippen LogP contribution in [0.5, 0.6) is 0 Å². The Morgan fingerprint density at radius 2 is 1.61 bits per heavy atom. The average Bonchev–Trinajstić information content (AvgIpc) is 2.99. The number of nitrogens with one attached hydrogen (secondary N) is 1. The summed E-state index contributed by atoms with van der Waals surface area (Å²) in [5.74, 6) is -0.132. The van der Waals surface area contributed by atoms with Gasteiger partial charge in [-0.05, 0) is 65.0 Å². The lowest BCUT2D eigenvalue weighted by atomic mass is 10.1. The molecular formula is C21H25BrN2O3S. The van der Waals surface area contributed by atoms with Crippen LogP contribution in [0.3, 0.4) is 0 Å². The molecule has 0 saturated carbocycles. The highest BCUT2D eigenvalue weighted by atomic mass is 79.9. The zero-order chi connectivity index (χ0) is 20.0. The van der Waals surface area contributed by atoms with Gasteiger partial charge >= 0.3 is 0 Å². The van der Waals surface area contributed by atoms with E-state index in [0.717, 1.165) is 35.7 Å². The standard InChI is InChI=1S/C21H25BrN2O3S/c22-20-8-4-3-7-19(20)21(25)23-14-13-17-9-11-18(12-10-17)28(26,27)24-15-5-1-2-6-16-24/h3-4,7-12H,1-2,5-6,13-16H2,(H,23,25). The monoisotopic (exact) mass is 464 g/mol. The lowest BCUT2D eigenvalue weighted by Gasteiger charge is -2.20. The van der Waals surface area contributed by atoms with Crippen molar-refractivity contribution in [3.05, 3.63) is 64.1 Å². The van der Waals surface area contributed by atoms with E-state index in [4.69, 9.17) is 0 Å². The summed E-state index contributed by atoms with van der Waals surface area (Å²) >= 11 is 3.38. The number of halogens is 1. The van der Waals surface area contributed by atoms with Gasteiger partial charge in [-0.1, -0.05) is 37.1 Å². The molecule has 1 N–H and O–H groups in total. The number of benzene rings is 2. The number of hydrogen-bond acceptors (Lipinski definition) is 3. The van der Waals surface area contributed by atoms with Gasteiger partial charge in [0.1, 0.15) is 0 Å². The molecule has 0 aliphatic carbocycles. The Kier molecular flexibility index (Phi) is 7.26. The Hall–Kier alpha value is -1.70. The van der Waals surface area contributed by atoms with Crippen LogP contribution in [0.25, 0.3) is 0 Å². The molecule has 5 nitrogen and oxygen atoms in total. The summed E-state index contributed by atoms with van der Waals surface area (Å²) < 4.78 is 28.0. The third-order valence-electron chi connectivity index (χ3n) is 4.94. The number of hydrogen-bond donors (Lipinski definition) is 1. The number of nitrogens with zero attached hydrogens (tertiary/aromatic N) is 1. The van der Waals surface area contributed by atoms with Crippen LogP contribution < -0.4 is 5.32 Å². The molecule has 1 saturated heterocycles. The maximum Gasteiger partial charge on any atom is 0.252 e. The minimum atomic E-state index is -3.42. The van der Waals surface area contributed by atoms with Gasteiger partial charge in [-0.25, -0.2) is 8.42 Å². The summed E-state index contributed by atoms with van der Waals surface area (Å²) in [6.45, 7) is 1.69. The Morgan fingerprint density at radius 1 is 0.964 bits per heavy atom. The minimum Gasteiger partial charge on any atom is -0.352 e. The number of sulfonamides is 1. The molecule has 1 aliphatic rings. The Labute approximate surface area is 175 Å². The third kappa shape index (κ3) is 5.21. The first kappa shape index (κ1) is 21.0. The average molecular weight is 465 g/mol. The van der Waals surface area contributed by atoms with Crippen LogP contribution in [0, 0.1) is 0 Å². The van der Waals surface area contributed by atoms with Crippen LogP contribution in [0.15, 0.2) is 57.9 Å². The summed E-state index contributed by atoms with van der Waals surface area (Å²) in [7, 11) is -3.42. The van der Waals surface area contributed by atoms with Crippen molar-refractivity contribution in [1.82, 2.24) is 9.62 Å². The summed E-state index contributed by atoms with van der Waals surface area (Å²) in [4.78, 5) is 12.6. The molecule has 0 aromatic heterocycles. The molecule has 2 aromatic rings. The zero-order valence-electron chi connectivity index (χ0n) is 15.7. The normalized spacial score (nSPS) is 15.8. The van der Waals surface area contributed by atoms with E-state index in [0.29, 0.717) is 36.5 Å². The van der Waals surface area contributed by atoms with Gasteiger partial charge in [-0.2, -0.15) is 4.31 Å². The summed E-state index contributed by atoms with van der Waals surface area (Å²) in [5.41, 5.74) is 1.59. The van der Waals surface area contributed by atoms with Crippen molar-refractivity contribution in [2.75, 3.05) is 19.6 Å². The Morgan fingerprint density at radius 3 is 2.25 bits per heavy atom. The minimum absolute atomic E-state index is 0.132. The Bertz CT molecular complexity index is 906. The molecule has 1 amide bonds. The number of amides is 1. The quantitative estimate of drug-likeness (QED) is 0.702. The van der Waals surface area contributed by atoms with Crippen molar-refractivity contribution in [3.63, 3.8) is 0 Å². The van der Waals surface area contributed by atoms with Crippen molar-refractivity contribution in [2.24, 2.45) is 0 Å². The van der Waals surface area contributed by atoms with Crippen molar-refractivity contribution in [3.8, 4) is 0 Å². The number of rotatable bonds is 6. The van der Waals surface area contributed by atoms with Gasteiger partial charge in [0.15, 0.2) is 0 Å². The van der Waals surface area contributed by atoms with Gasteiger partial charge in [0.05, 0.1) is 10.5 Å². The smallest absolute Gasteiger partial charge is 0.252 e. The molecule has 2 aromatic carbocycles. The summed E-state index contributed by atoms with van der Waals surface area (Å²) in [6.07, 6.45) is 4.68. The SMILES string of the molecule is O=C(NCCc1ccc(S(=O)(=O)N2CCCCCC2)cc1)c1ccccc1Br. The predicted octanol–water partition coefficient (Wildman–Crippen LogP) is 3.99. The van der Waals surface area contributed by atoms with Crippen LogP contribution in [0.4, 0.5) is 0 Å². The molecule has 1 fully saturated rings. The molecule has 0 radical (unpaired) electrons. The topological polar surface area (TPSA) is 66.5 Å². The van der Waals surface area contributed by atoms with Gasteiger partial charge in [-0.3, -0.25) is 4.79 Å². The molecule has 1 heterocycles. The molecule has 7 heteroatoms. The van der Waals surface area contributed by atoms with Gasteiger partial charge in [-0.15, -0.1) is 0 Å². The van der Waals surface area contributed by atoms with Gasteiger partial charge in [0.25, 0.3) is 5.91 Å². The van der Waals surface area contributed by atoms with E-state index in [9.17, 15) is 13.2 Å². The van der Waals surface area contributed by atoms with E-state index in [1.54, 1.807) is 22.5 Å². The fraction of sp³-hybridized carbons (Fsp3) is 0.381. The lowest BCUT2D eigenvalue weighted by molar-refractivity contribution is 0.0953. The highest BCUT2D eigenvalue weighted by molar-refractivity contribution is 9.10. The van der Waals surface area contributed by atoms with Crippen molar-refractivity contribution >= 4 is 31.9 Å². The van der Waals surface area contributed by atoms with Crippen LogP contribution in [0.2, 0.25) is 0 Å². The van der Waals surface area contributed by atoms with E-state index in [1.165, 1.54) is 0 Å². The first-order valence-corrected chi connectivity index (χ1v) is 11.8. The molecule has 3 rings (SSSR count). The summed E-state index contributed by atoms with van der Waals surface area (Å²) in [5, 5.41) is 2.90. The zero-order valence-corrected chi connectivity index (χ0v) is 18.1. The highest BCUT2D eigenvalue weighted by Crippen LogP contribution is 2.21. The number of carbonyl (C=O) groups excluding carboxylic acids is 1. The van der Waals surface area contributed by atoms with E-state index >= 15 is 0 Å². The van der Waals surface area contributed by atoms with Crippen LogP contribution >= 0.6 is 15.9 Å². The maximum absolute atomic E-state index is 12.8. The third-order valence-corrected chi connectivity index (χ3v) is 7.55. The van der Waals surface area contributed by atoms with Crippen molar-refractivity contribution < 1.29 is 13.2 Å². The summed E-state index contributed by atoms with van der Waals surface area (Å²) in [6, 6.07) is 14.3. The highest BCUT2D eigenvalue weighted by Gasteiger charge is 2.24. The fourth-order valence-electron chi connectivity index (χ4n) is 3.32. The van der Waals surface area contributed by atoms with E-state index in [1.807, 2.05) is 30.3 Å². The van der Waals surface area contributed by atoms with E-state index in [2.05, 4.69) is 21.2 Å². The van der Waals surface area contributed by atoms with E-state index in [-0.39, 0.29) is 5.91 Å². The van der Waals surface area contributed by atoms with Crippen molar-refractivity contribution in [1.29, 1.82) is 0 Å². The molecule has 28 heavy (non-hydrogen) atoms. The molecular weight excluding hydrogens is 440 g/mol. The largest absolute Gasteiger partial charge is 0.352 e. The first-order chi connectivity index (χ1) is 13.5. The second kappa shape index (κ2) is 9.67. The van der Waals surface area contributed by atoms with Crippen LogP contribution in [-0.2, 0) is 16.4 Å². The maximum atomic E-state index is 12.8. The second-order valence-electron chi connectivity index (χ2n) is 6.95. The molecule has 150 valence electrons. The van der Waals surface area contributed by atoms with Gasteiger partial charge in [0.2, 0.25) is 10.0 Å². The molecule has 1 aliphatic heterocycles. The van der Waals surface area contributed by atoms with Crippen molar-refractivity contribution in [2.45, 2.75) is 37.0 Å². The van der Waals surface area contributed by atoms with Gasteiger partial charge < -0.3 is 5.32 Å². The van der Waals surface area contributed by atoms with Crippen LogP contribution in [-0.4, -0.2) is 38.3 Å². The molecule has 0 unspecified atom stereocenters. The molecule has 0 atom stereocenters. The second-order valence-corrected chi connectivity index (χ2v) is 9.74. The lowest BCUT2D eigenvalue weighted by Crippen LogP contribution is -2.31. The molecule has 0 spiro atoms. The molecule has 0 bridgehead atoms. The predicted molar refractivity (Wildman–Crippen MR) is 114 cm³/mol. The Balaban J connectivity index is 1.57. The van der Waals surface area contributed by atoms with E-state index < -0.39 is 10.0 Å². The fourth-order valence-corrected chi connectivity index (χ4v) is 5.30. The first-order valence-electron chi connectivity index (χ1n) is 9.60. The van der Waals surface area contributed by atoms with Gasteiger partial charge in [0, 0.05) is 24.1 Å². The number of carbonyl (C=O) groups is 1. The van der Waals surface area contributed by atoms with Crippen LogP contribution in [0.1, 0.15) is 41.6 Å².